The van der Waals surface area contributed by atoms with Crippen LogP contribution < -0.4 is 0 Å². The number of carbonyl (C=O) groups excluding carboxylic acids is 1. The molecule has 0 atom stereocenters. The number of fused-ring (bicyclic) bond motifs is 1. The standard InChI is InChI=1S/C23H19N5O3/c1-26(2)14-13-21-22(23(29)18-8-7-16-5-3-4-6-17(16)15-18)24-25-27(21)19-9-11-20(12-10-19)28(30)31/h3-15H,1-2H3. The van der Waals surface area contributed by atoms with Crippen molar-refractivity contribution in [1.82, 2.24) is 19.9 Å². The summed E-state index contributed by atoms with van der Waals surface area (Å²) in [6.07, 6.45) is 3.54. The number of aromatic nitrogens is 3. The molecule has 0 aliphatic rings. The van der Waals surface area contributed by atoms with Gasteiger partial charge < -0.3 is 4.90 Å². The number of carbonyl (C=O) groups is 1. The molecular weight excluding hydrogens is 394 g/mol. The minimum Gasteiger partial charge on any atom is -0.383 e. The second kappa shape index (κ2) is 8.19. The summed E-state index contributed by atoms with van der Waals surface area (Å²) in [7, 11) is 3.72. The molecule has 4 aromatic rings. The summed E-state index contributed by atoms with van der Waals surface area (Å²) in [5, 5.41) is 21.2. The van der Waals surface area contributed by atoms with Crippen LogP contribution in [-0.4, -0.2) is 44.7 Å². The first-order valence-electron chi connectivity index (χ1n) is 9.53. The zero-order chi connectivity index (χ0) is 22.0. The molecule has 8 nitrogen and oxygen atoms in total. The third-order valence-corrected chi connectivity index (χ3v) is 4.77. The van der Waals surface area contributed by atoms with Gasteiger partial charge in [-0.2, -0.15) is 0 Å². The van der Waals surface area contributed by atoms with E-state index < -0.39 is 4.92 Å². The number of benzene rings is 3. The molecule has 0 fully saturated rings. The van der Waals surface area contributed by atoms with Gasteiger partial charge >= 0.3 is 0 Å². The van der Waals surface area contributed by atoms with Gasteiger partial charge in [-0.1, -0.05) is 41.6 Å². The smallest absolute Gasteiger partial charge is 0.269 e. The van der Waals surface area contributed by atoms with Crippen molar-refractivity contribution in [2.45, 2.75) is 0 Å². The Balaban J connectivity index is 1.79. The van der Waals surface area contributed by atoms with E-state index >= 15 is 0 Å². The molecule has 8 heteroatoms. The van der Waals surface area contributed by atoms with Gasteiger partial charge in [-0.3, -0.25) is 14.9 Å². The van der Waals surface area contributed by atoms with Crippen LogP contribution in [0, 0.1) is 10.1 Å². The maximum absolute atomic E-state index is 13.3. The van der Waals surface area contributed by atoms with E-state index in [1.54, 1.807) is 30.5 Å². The van der Waals surface area contributed by atoms with E-state index in [1.807, 2.05) is 55.4 Å². The van der Waals surface area contributed by atoms with Gasteiger partial charge in [-0.25, -0.2) is 4.68 Å². The van der Waals surface area contributed by atoms with Crippen molar-refractivity contribution in [3.63, 3.8) is 0 Å². The van der Waals surface area contributed by atoms with E-state index in [2.05, 4.69) is 10.3 Å². The molecule has 0 bridgehead atoms. The molecule has 0 spiro atoms. The van der Waals surface area contributed by atoms with E-state index in [1.165, 1.54) is 16.8 Å². The summed E-state index contributed by atoms with van der Waals surface area (Å²) in [4.78, 5) is 25.6. The first-order chi connectivity index (χ1) is 14.9. The lowest BCUT2D eigenvalue weighted by Crippen LogP contribution is -2.07. The number of rotatable bonds is 6. The summed E-state index contributed by atoms with van der Waals surface area (Å²) in [6, 6.07) is 19.2. The Labute approximate surface area is 178 Å². The van der Waals surface area contributed by atoms with Crippen molar-refractivity contribution in [3.8, 4) is 5.69 Å². The van der Waals surface area contributed by atoms with Crippen LogP contribution in [0.1, 0.15) is 21.7 Å². The van der Waals surface area contributed by atoms with Crippen LogP contribution in [0.15, 0.2) is 72.9 Å². The predicted molar refractivity (Wildman–Crippen MR) is 118 cm³/mol. The summed E-state index contributed by atoms with van der Waals surface area (Å²) < 4.78 is 1.50. The maximum atomic E-state index is 13.3. The van der Waals surface area contributed by atoms with Crippen molar-refractivity contribution in [2.24, 2.45) is 0 Å². The van der Waals surface area contributed by atoms with E-state index in [-0.39, 0.29) is 17.2 Å². The van der Waals surface area contributed by atoms with Crippen molar-refractivity contribution in [3.05, 3.63) is 100.0 Å². The summed E-state index contributed by atoms with van der Waals surface area (Å²) >= 11 is 0. The second-order valence-electron chi connectivity index (χ2n) is 7.18. The summed E-state index contributed by atoms with van der Waals surface area (Å²) in [5.41, 5.74) is 1.73. The molecule has 0 unspecified atom stereocenters. The number of non-ortho nitro benzene ring substituents is 1. The molecule has 3 aromatic carbocycles. The Morgan fingerprint density at radius 3 is 2.42 bits per heavy atom. The van der Waals surface area contributed by atoms with Crippen LogP contribution >= 0.6 is 0 Å². The molecule has 0 saturated heterocycles. The highest BCUT2D eigenvalue weighted by molar-refractivity contribution is 6.11. The van der Waals surface area contributed by atoms with Crippen LogP contribution in [0.4, 0.5) is 5.69 Å². The highest BCUT2D eigenvalue weighted by Crippen LogP contribution is 2.22. The quantitative estimate of drug-likeness (QED) is 0.268. The lowest BCUT2D eigenvalue weighted by Gasteiger charge is -2.07. The van der Waals surface area contributed by atoms with E-state index in [0.717, 1.165) is 10.8 Å². The van der Waals surface area contributed by atoms with Crippen LogP contribution in [0.3, 0.4) is 0 Å². The van der Waals surface area contributed by atoms with E-state index in [9.17, 15) is 14.9 Å². The first kappa shape index (κ1) is 20.0. The SMILES string of the molecule is CN(C)C=Cc1c(C(=O)c2ccc3ccccc3c2)nnn1-c1ccc([N+](=O)[O-])cc1. The topological polar surface area (TPSA) is 94.2 Å². The number of hydrogen-bond donors (Lipinski definition) is 0. The van der Waals surface area contributed by atoms with Crippen LogP contribution in [0.25, 0.3) is 22.5 Å². The second-order valence-corrected chi connectivity index (χ2v) is 7.18. The molecule has 0 saturated carbocycles. The largest absolute Gasteiger partial charge is 0.383 e. The normalized spacial score (nSPS) is 11.2. The van der Waals surface area contributed by atoms with Gasteiger partial charge in [0.25, 0.3) is 5.69 Å². The van der Waals surface area contributed by atoms with E-state index in [4.69, 9.17) is 0 Å². The monoisotopic (exact) mass is 413 g/mol. The molecule has 0 radical (unpaired) electrons. The summed E-state index contributed by atoms with van der Waals surface area (Å²) in [5.74, 6) is -0.252. The number of nitro benzene ring substituents is 1. The predicted octanol–water partition coefficient (Wildman–Crippen LogP) is 4.09. The fourth-order valence-electron chi connectivity index (χ4n) is 3.19. The number of nitrogens with zero attached hydrogens (tertiary/aromatic N) is 5. The van der Waals surface area contributed by atoms with Gasteiger partial charge in [0.15, 0.2) is 5.69 Å². The molecular formula is C23H19N5O3. The molecule has 1 heterocycles. The molecule has 0 amide bonds. The molecule has 4 rings (SSSR count). The molecule has 154 valence electrons. The molecule has 0 aliphatic carbocycles. The van der Waals surface area contributed by atoms with Gasteiger partial charge in [0.1, 0.15) is 5.69 Å². The zero-order valence-electron chi connectivity index (χ0n) is 17.0. The van der Waals surface area contributed by atoms with Gasteiger partial charge in [0.05, 0.1) is 10.6 Å². The van der Waals surface area contributed by atoms with Gasteiger partial charge in [-0.15, -0.1) is 5.10 Å². The highest BCUT2D eigenvalue weighted by atomic mass is 16.6. The minimum atomic E-state index is -0.466. The number of ketones is 1. The minimum absolute atomic E-state index is 0.0262. The van der Waals surface area contributed by atoms with Crippen molar-refractivity contribution < 1.29 is 9.72 Å². The molecule has 0 N–H and O–H groups in total. The highest BCUT2D eigenvalue weighted by Gasteiger charge is 2.21. The average molecular weight is 413 g/mol. The Morgan fingerprint density at radius 2 is 1.74 bits per heavy atom. The van der Waals surface area contributed by atoms with Crippen molar-refractivity contribution in [2.75, 3.05) is 14.1 Å². The number of hydrogen-bond acceptors (Lipinski definition) is 6. The number of nitro groups is 1. The lowest BCUT2D eigenvalue weighted by molar-refractivity contribution is -0.384. The van der Waals surface area contributed by atoms with Gasteiger partial charge in [0.2, 0.25) is 5.78 Å². The van der Waals surface area contributed by atoms with E-state index in [0.29, 0.717) is 16.9 Å². The van der Waals surface area contributed by atoms with Gasteiger partial charge in [0, 0.05) is 38.0 Å². The Hall–Kier alpha value is -4.33. The zero-order valence-corrected chi connectivity index (χ0v) is 17.0. The fraction of sp³-hybridized carbons (Fsp3) is 0.0870. The fourth-order valence-corrected chi connectivity index (χ4v) is 3.19. The molecule has 31 heavy (non-hydrogen) atoms. The van der Waals surface area contributed by atoms with Crippen LogP contribution in [-0.2, 0) is 0 Å². The Morgan fingerprint density at radius 1 is 1.03 bits per heavy atom. The van der Waals surface area contributed by atoms with Crippen molar-refractivity contribution in [1.29, 1.82) is 0 Å². The average Bonchev–Trinajstić information content (AvgIpc) is 3.20. The Bertz CT molecular complexity index is 1310. The van der Waals surface area contributed by atoms with Crippen LogP contribution in [0.5, 0.6) is 0 Å². The maximum Gasteiger partial charge on any atom is 0.269 e. The summed E-state index contributed by atoms with van der Waals surface area (Å²) in [6.45, 7) is 0. The Kier molecular flexibility index (Phi) is 5.28. The lowest BCUT2D eigenvalue weighted by atomic mass is 10.0. The first-order valence-corrected chi connectivity index (χ1v) is 9.53. The van der Waals surface area contributed by atoms with Crippen LogP contribution in [0.2, 0.25) is 0 Å². The third kappa shape index (κ3) is 4.04. The third-order valence-electron chi connectivity index (χ3n) is 4.77. The molecule has 1 aromatic heterocycles. The van der Waals surface area contributed by atoms with Gasteiger partial charge in [-0.05, 0) is 35.0 Å². The molecule has 0 aliphatic heterocycles. The van der Waals surface area contributed by atoms with Crippen molar-refractivity contribution >= 4 is 28.3 Å².